The Kier molecular flexibility index (Phi) is 7.47. The maximum Gasteiger partial charge on any atom is 0.237 e. The number of benzene rings is 1. The molecule has 3 N–H and O–H groups in total. The summed E-state index contributed by atoms with van der Waals surface area (Å²) in [7, 11) is 0. The van der Waals surface area contributed by atoms with E-state index in [-0.39, 0.29) is 12.0 Å². The van der Waals surface area contributed by atoms with Crippen molar-refractivity contribution in [2.45, 2.75) is 32.4 Å². The van der Waals surface area contributed by atoms with Crippen molar-refractivity contribution in [3.63, 3.8) is 0 Å². The summed E-state index contributed by atoms with van der Waals surface area (Å²) in [6, 6.07) is 7.42. The maximum atomic E-state index is 11.8. The van der Waals surface area contributed by atoms with Crippen LogP contribution in [0.1, 0.15) is 18.9 Å². The molecule has 0 aliphatic carbocycles. The van der Waals surface area contributed by atoms with Crippen molar-refractivity contribution in [2.75, 3.05) is 18.6 Å². The first kappa shape index (κ1) is 16.9. The molecule has 112 valence electrons. The second-order valence-electron chi connectivity index (χ2n) is 4.88. The van der Waals surface area contributed by atoms with Crippen LogP contribution in [0.15, 0.2) is 24.3 Å². The quantitative estimate of drug-likeness (QED) is 0.770. The van der Waals surface area contributed by atoms with Crippen LogP contribution in [-0.2, 0) is 4.79 Å². The number of ether oxygens (including phenoxy) is 1. The summed E-state index contributed by atoms with van der Waals surface area (Å²) >= 11 is 1.69. The van der Waals surface area contributed by atoms with Gasteiger partial charge < -0.3 is 15.8 Å². The van der Waals surface area contributed by atoms with Crippen molar-refractivity contribution in [3.8, 4) is 5.75 Å². The van der Waals surface area contributed by atoms with Gasteiger partial charge in [-0.15, -0.1) is 0 Å². The Morgan fingerprint density at radius 3 is 2.90 bits per heavy atom. The van der Waals surface area contributed by atoms with Crippen molar-refractivity contribution in [3.05, 3.63) is 29.8 Å². The number of amides is 1. The molecule has 0 saturated carbocycles. The molecule has 1 amide bonds. The summed E-state index contributed by atoms with van der Waals surface area (Å²) in [4.78, 5) is 11.8. The summed E-state index contributed by atoms with van der Waals surface area (Å²) in [6.07, 6.45) is 2.61. The Bertz CT molecular complexity index is 426. The molecule has 0 aliphatic heterocycles. The molecule has 20 heavy (non-hydrogen) atoms. The third-order valence-corrected chi connectivity index (χ3v) is 3.50. The lowest BCUT2D eigenvalue weighted by molar-refractivity contribution is -0.122. The van der Waals surface area contributed by atoms with E-state index in [2.05, 4.69) is 5.32 Å². The second-order valence-corrected chi connectivity index (χ2v) is 5.86. The third kappa shape index (κ3) is 6.30. The number of nitrogens with one attached hydrogen (secondary N) is 1. The van der Waals surface area contributed by atoms with Gasteiger partial charge in [-0.1, -0.05) is 12.1 Å². The lowest BCUT2D eigenvalue weighted by atomic mass is 10.2. The number of carbonyl (C=O) groups is 1. The lowest BCUT2D eigenvalue weighted by Crippen LogP contribution is -2.44. The van der Waals surface area contributed by atoms with Crippen molar-refractivity contribution in [1.82, 2.24) is 5.32 Å². The Hall–Kier alpha value is -1.20. The van der Waals surface area contributed by atoms with Gasteiger partial charge in [-0.2, -0.15) is 11.8 Å². The molecule has 1 rings (SSSR count). The van der Waals surface area contributed by atoms with E-state index in [1.54, 1.807) is 11.8 Å². The molecule has 1 aromatic rings. The highest BCUT2D eigenvalue weighted by atomic mass is 32.2. The summed E-state index contributed by atoms with van der Waals surface area (Å²) in [5.41, 5.74) is 6.95. The van der Waals surface area contributed by atoms with Crippen LogP contribution in [-0.4, -0.2) is 36.6 Å². The van der Waals surface area contributed by atoms with Crippen LogP contribution in [0.2, 0.25) is 0 Å². The molecule has 0 fully saturated rings. The van der Waals surface area contributed by atoms with Gasteiger partial charge in [0.1, 0.15) is 11.9 Å². The minimum Gasteiger partial charge on any atom is -0.489 e. The van der Waals surface area contributed by atoms with E-state index in [4.69, 9.17) is 10.5 Å². The van der Waals surface area contributed by atoms with E-state index in [9.17, 15) is 4.79 Å². The molecule has 2 atom stereocenters. The Morgan fingerprint density at radius 1 is 1.50 bits per heavy atom. The summed E-state index contributed by atoms with van der Waals surface area (Å²) in [5.74, 6) is 1.60. The topological polar surface area (TPSA) is 64.4 Å². The largest absolute Gasteiger partial charge is 0.489 e. The van der Waals surface area contributed by atoms with Gasteiger partial charge in [0.25, 0.3) is 0 Å². The smallest absolute Gasteiger partial charge is 0.237 e. The minimum atomic E-state index is -0.436. The normalized spacial score (nSPS) is 13.6. The van der Waals surface area contributed by atoms with Crippen LogP contribution in [0, 0.1) is 6.92 Å². The highest BCUT2D eigenvalue weighted by Crippen LogP contribution is 2.13. The molecule has 1 aromatic carbocycles. The number of carbonyl (C=O) groups excluding carboxylic acids is 1. The Balaban J connectivity index is 2.32. The maximum absolute atomic E-state index is 11.8. The Labute approximate surface area is 125 Å². The third-order valence-electron chi connectivity index (χ3n) is 2.86. The van der Waals surface area contributed by atoms with Crippen LogP contribution < -0.4 is 15.8 Å². The second kappa shape index (κ2) is 8.87. The van der Waals surface area contributed by atoms with E-state index in [0.29, 0.717) is 13.0 Å². The molecular formula is C15H24N2O2S. The molecular weight excluding hydrogens is 272 g/mol. The highest BCUT2D eigenvalue weighted by Gasteiger charge is 2.14. The first-order valence-corrected chi connectivity index (χ1v) is 8.18. The monoisotopic (exact) mass is 296 g/mol. The SMILES string of the molecule is CSCC[C@H](N)C(=O)NCC(C)Oc1cccc(C)c1. The fraction of sp³-hybridized carbons (Fsp3) is 0.533. The Morgan fingerprint density at radius 2 is 2.25 bits per heavy atom. The number of hydrogen-bond acceptors (Lipinski definition) is 4. The van der Waals surface area contributed by atoms with Crippen molar-refractivity contribution in [2.24, 2.45) is 5.73 Å². The molecule has 0 aromatic heterocycles. The average Bonchev–Trinajstić information content (AvgIpc) is 2.42. The first-order chi connectivity index (χ1) is 9.52. The van der Waals surface area contributed by atoms with Gasteiger partial charge in [-0.25, -0.2) is 0 Å². The fourth-order valence-electron chi connectivity index (χ4n) is 1.71. The lowest BCUT2D eigenvalue weighted by Gasteiger charge is -2.17. The predicted octanol–water partition coefficient (Wildman–Crippen LogP) is 1.96. The van der Waals surface area contributed by atoms with Crippen molar-refractivity contribution in [1.29, 1.82) is 0 Å². The number of rotatable bonds is 8. The van der Waals surface area contributed by atoms with Gasteiger partial charge in [-0.05, 0) is 50.0 Å². The van der Waals surface area contributed by atoms with E-state index < -0.39 is 6.04 Å². The summed E-state index contributed by atoms with van der Waals surface area (Å²) in [6.45, 7) is 4.40. The van der Waals surface area contributed by atoms with Gasteiger partial charge in [0.05, 0.1) is 12.6 Å². The number of nitrogens with two attached hydrogens (primary N) is 1. The zero-order valence-corrected chi connectivity index (χ0v) is 13.2. The fourth-order valence-corrected chi connectivity index (χ4v) is 2.20. The molecule has 0 bridgehead atoms. The summed E-state index contributed by atoms with van der Waals surface area (Å²) in [5, 5.41) is 2.83. The van der Waals surface area contributed by atoms with Gasteiger partial charge in [0, 0.05) is 0 Å². The number of thioether (sulfide) groups is 1. The zero-order chi connectivity index (χ0) is 15.0. The van der Waals surface area contributed by atoms with E-state index in [1.807, 2.05) is 44.4 Å². The number of aryl methyl sites for hydroxylation is 1. The molecule has 0 aliphatic rings. The highest BCUT2D eigenvalue weighted by molar-refractivity contribution is 7.98. The molecule has 0 spiro atoms. The molecule has 1 unspecified atom stereocenters. The van der Waals surface area contributed by atoms with Gasteiger partial charge >= 0.3 is 0 Å². The van der Waals surface area contributed by atoms with E-state index >= 15 is 0 Å². The molecule has 0 heterocycles. The van der Waals surface area contributed by atoms with Crippen LogP contribution in [0.3, 0.4) is 0 Å². The molecule has 5 heteroatoms. The van der Waals surface area contributed by atoms with E-state index in [0.717, 1.165) is 17.1 Å². The standard InChI is InChI=1S/C15H24N2O2S/c1-11-5-4-6-13(9-11)19-12(2)10-17-15(18)14(16)7-8-20-3/h4-6,9,12,14H,7-8,10,16H2,1-3H3,(H,17,18)/t12?,14-/m0/s1. The first-order valence-electron chi connectivity index (χ1n) is 6.78. The average molecular weight is 296 g/mol. The van der Waals surface area contributed by atoms with Crippen molar-refractivity contribution >= 4 is 17.7 Å². The van der Waals surface area contributed by atoms with Gasteiger partial charge in [0.2, 0.25) is 5.91 Å². The van der Waals surface area contributed by atoms with Crippen LogP contribution in [0.25, 0.3) is 0 Å². The predicted molar refractivity (Wildman–Crippen MR) is 85.3 cm³/mol. The van der Waals surface area contributed by atoms with E-state index in [1.165, 1.54) is 0 Å². The van der Waals surface area contributed by atoms with Crippen LogP contribution >= 0.6 is 11.8 Å². The van der Waals surface area contributed by atoms with Crippen LogP contribution in [0.4, 0.5) is 0 Å². The van der Waals surface area contributed by atoms with Crippen molar-refractivity contribution < 1.29 is 9.53 Å². The summed E-state index contributed by atoms with van der Waals surface area (Å²) < 4.78 is 5.75. The zero-order valence-electron chi connectivity index (χ0n) is 12.4. The van der Waals surface area contributed by atoms with Crippen LogP contribution in [0.5, 0.6) is 5.75 Å². The van der Waals surface area contributed by atoms with Gasteiger partial charge in [-0.3, -0.25) is 4.79 Å². The van der Waals surface area contributed by atoms with Gasteiger partial charge in [0.15, 0.2) is 0 Å². The number of hydrogen-bond donors (Lipinski definition) is 2. The molecule has 0 radical (unpaired) electrons. The molecule has 4 nitrogen and oxygen atoms in total. The minimum absolute atomic E-state index is 0.0894. The molecule has 0 saturated heterocycles.